The molecule has 1 heterocycles. The normalized spacial score (nSPS) is 22.7. The Hall–Kier alpha value is -1.43. The van der Waals surface area contributed by atoms with Crippen LogP contribution in [0.1, 0.15) is 26.7 Å². The molecular formula is C17H26FN3OS. The van der Waals surface area contributed by atoms with E-state index >= 15 is 0 Å². The van der Waals surface area contributed by atoms with E-state index in [0.717, 1.165) is 12.5 Å². The van der Waals surface area contributed by atoms with Gasteiger partial charge in [-0.15, -0.1) is 0 Å². The van der Waals surface area contributed by atoms with Crippen LogP contribution < -0.4 is 15.4 Å². The Morgan fingerprint density at radius 1 is 1.43 bits per heavy atom. The van der Waals surface area contributed by atoms with E-state index in [1.807, 2.05) is 18.7 Å². The van der Waals surface area contributed by atoms with Crippen molar-refractivity contribution in [3.05, 3.63) is 30.1 Å². The van der Waals surface area contributed by atoms with Crippen molar-refractivity contribution < 1.29 is 9.13 Å². The van der Waals surface area contributed by atoms with E-state index in [1.54, 1.807) is 25.2 Å². The maximum Gasteiger partial charge on any atom is 0.191 e. The van der Waals surface area contributed by atoms with Crippen molar-refractivity contribution in [3.63, 3.8) is 0 Å². The van der Waals surface area contributed by atoms with Gasteiger partial charge in [0.25, 0.3) is 0 Å². The van der Waals surface area contributed by atoms with Crippen LogP contribution in [0, 0.1) is 5.82 Å². The molecule has 1 aromatic carbocycles. The minimum absolute atomic E-state index is 0.165. The van der Waals surface area contributed by atoms with Gasteiger partial charge in [0.1, 0.15) is 6.10 Å². The van der Waals surface area contributed by atoms with E-state index in [4.69, 9.17) is 4.74 Å². The molecule has 0 spiro atoms. The fraction of sp³-hybridized carbons (Fsp3) is 0.588. The molecule has 4 nitrogen and oxygen atoms in total. The molecule has 23 heavy (non-hydrogen) atoms. The maximum absolute atomic E-state index is 13.6. The van der Waals surface area contributed by atoms with Crippen molar-refractivity contribution >= 4 is 17.7 Å². The quantitative estimate of drug-likeness (QED) is 0.618. The molecule has 0 bridgehead atoms. The second-order valence-corrected chi connectivity index (χ2v) is 7.75. The van der Waals surface area contributed by atoms with E-state index in [-0.39, 0.29) is 22.4 Å². The van der Waals surface area contributed by atoms with Crippen molar-refractivity contribution in [2.24, 2.45) is 4.99 Å². The van der Waals surface area contributed by atoms with E-state index in [0.29, 0.717) is 6.54 Å². The van der Waals surface area contributed by atoms with Crippen LogP contribution in [0.15, 0.2) is 29.3 Å². The van der Waals surface area contributed by atoms with Gasteiger partial charge in [-0.3, -0.25) is 4.99 Å². The van der Waals surface area contributed by atoms with E-state index < -0.39 is 0 Å². The summed E-state index contributed by atoms with van der Waals surface area (Å²) >= 11 is 2.01. The molecule has 1 aromatic rings. The lowest BCUT2D eigenvalue weighted by Gasteiger charge is -2.25. The van der Waals surface area contributed by atoms with Gasteiger partial charge in [0, 0.05) is 18.3 Å². The van der Waals surface area contributed by atoms with Crippen LogP contribution in [-0.2, 0) is 0 Å². The van der Waals surface area contributed by atoms with Crippen LogP contribution in [-0.4, -0.2) is 42.7 Å². The topological polar surface area (TPSA) is 45.7 Å². The van der Waals surface area contributed by atoms with Crippen LogP contribution in [0.25, 0.3) is 0 Å². The number of nitrogens with one attached hydrogen (secondary N) is 2. The lowest BCUT2D eigenvalue weighted by Crippen LogP contribution is -2.46. The van der Waals surface area contributed by atoms with Crippen molar-refractivity contribution in [2.75, 3.05) is 25.9 Å². The molecule has 0 saturated carbocycles. The zero-order chi connectivity index (χ0) is 16.7. The first-order chi connectivity index (χ1) is 11.0. The van der Waals surface area contributed by atoms with Crippen LogP contribution in [0.4, 0.5) is 4.39 Å². The van der Waals surface area contributed by atoms with Gasteiger partial charge in [-0.2, -0.15) is 11.8 Å². The third-order valence-corrected chi connectivity index (χ3v) is 5.41. The third kappa shape index (κ3) is 5.61. The van der Waals surface area contributed by atoms with E-state index in [1.165, 1.54) is 24.7 Å². The number of thioether (sulfide) groups is 1. The van der Waals surface area contributed by atoms with Gasteiger partial charge in [0.15, 0.2) is 17.5 Å². The summed E-state index contributed by atoms with van der Waals surface area (Å²) in [6, 6.07) is 6.45. The Labute approximate surface area is 142 Å². The molecule has 0 aliphatic carbocycles. The van der Waals surface area contributed by atoms with Crippen molar-refractivity contribution in [1.29, 1.82) is 0 Å². The van der Waals surface area contributed by atoms with Gasteiger partial charge in [-0.05, 0) is 44.6 Å². The van der Waals surface area contributed by atoms with Crippen LogP contribution in [0.2, 0.25) is 0 Å². The summed E-state index contributed by atoms with van der Waals surface area (Å²) in [5.41, 5.74) is 0. The molecule has 1 saturated heterocycles. The van der Waals surface area contributed by atoms with Gasteiger partial charge in [0.2, 0.25) is 0 Å². The molecule has 1 aliphatic heterocycles. The number of guanidine groups is 1. The minimum atomic E-state index is -0.340. The molecule has 2 atom stereocenters. The average molecular weight is 339 g/mol. The summed E-state index contributed by atoms with van der Waals surface area (Å²) in [5, 5.41) is 6.60. The number of hydrogen-bond donors (Lipinski definition) is 2. The minimum Gasteiger partial charge on any atom is -0.486 e. The van der Waals surface area contributed by atoms with Crippen molar-refractivity contribution in [3.8, 4) is 5.75 Å². The molecule has 6 heteroatoms. The maximum atomic E-state index is 13.6. The molecule has 128 valence electrons. The monoisotopic (exact) mass is 339 g/mol. The van der Waals surface area contributed by atoms with Gasteiger partial charge in [-0.25, -0.2) is 4.39 Å². The standard InChI is InChI=1S/C17H26FN3OS/c1-13(22-15-8-5-4-7-14(15)18)11-20-16(19-3)21-12-17(2)9-6-10-23-17/h4-5,7-8,13H,6,9-12H2,1-3H3,(H2,19,20,21). The Balaban J connectivity index is 1.75. The van der Waals surface area contributed by atoms with Gasteiger partial charge in [0.05, 0.1) is 6.54 Å². The first-order valence-corrected chi connectivity index (χ1v) is 9.01. The molecule has 1 aliphatic rings. The highest BCUT2D eigenvalue weighted by molar-refractivity contribution is 8.00. The van der Waals surface area contributed by atoms with E-state index in [9.17, 15) is 4.39 Å². The van der Waals surface area contributed by atoms with Gasteiger partial charge < -0.3 is 15.4 Å². The summed E-state index contributed by atoms with van der Waals surface area (Å²) in [6.45, 7) is 5.63. The predicted octanol–water partition coefficient (Wildman–Crippen LogP) is 3.04. The molecule has 2 N–H and O–H groups in total. The van der Waals surface area contributed by atoms with Gasteiger partial charge in [-0.1, -0.05) is 12.1 Å². The summed E-state index contributed by atoms with van der Waals surface area (Å²) in [6.07, 6.45) is 2.35. The number of rotatable bonds is 6. The fourth-order valence-electron chi connectivity index (χ4n) is 2.51. The summed E-state index contributed by atoms with van der Waals surface area (Å²) in [7, 11) is 1.75. The molecule has 1 fully saturated rings. The average Bonchev–Trinajstić information content (AvgIpc) is 2.97. The summed E-state index contributed by atoms with van der Waals surface area (Å²) < 4.78 is 19.5. The molecular weight excluding hydrogens is 313 g/mol. The number of benzene rings is 1. The largest absolute Gasteiger partial charge is 0.486 e. The number of para-hydroxylation sites is 1. The molecule has 2 unspecified atom stereocenters. The van der Waals surface area contributed by atoms with Crippen molar-refractivity contribution in [1.82, 2.24) is 10.6 Å². The fourth-order valence-corrected chi connectivity index (χ4v) is 3.75. The zero-order valence-electron chi connectivity index (χ0n) is 14.1. The van der Waals surface area contributed by atoms with Crippen LogP contribution >= 0.6 is 11.8 Å². The lowest BCUT2D eigenvalue weighted by molar-refractivity contribution is 0.214. The second kappa shape index (κ2) is 8.43. The smallest absolute Gasteiger partial charge is 0.191 e. The summed E-state index contributed by atoms with van der Waals surface area (Å²) in [4.78, 5) is 4.23. The molecule has 0 amide bonds. The highest BCUT2D eigenvalue weighted by Gasteiger charge is 2.29. The Morgan fingerprint density at radius 2 is 2.22 bits per heavy atom. The Bertz CT molecular complexity index is 532. The first-order valence-electron chi connectivity index (χ1n) is 8.02. The number of nitrogens with zero attached hydrogens (tertiary/aromatic N) is 1. The number of halogens is 1. The lowest BCUT2D eigenvalue weighted by atomic mass is 10.1. The van der Waals surface area contributed by atoms with E-state index in [2.05, 4.69) is 22.5 Å². The number of hydrogen-bond acceptors (Lipinski definition) is 3. The van der Waals surface area contributed by atoms with Gasteiger partial charge >= 0.3 is 0 Å². The predicted molar refractivity (Wildman–Crippen MR) is 96.0 cm³/mol. The highest BCUT2D eigenvalue weighted by Crippen LogP contribution is 2.36. The van der Waals surface area contributed by atoms with Crippen LogP contribution in [0.5, 0.6) is 5.75 Å². The summed E-state index contributed by atoms with van der Waals surface area (Å²) in [5.74, 6) is 1.92. The second-order valence-electron chi connectivity index (χ2n) is 6.07. The molecule has 0 radical (unpaired) electrons. The highest BCUT2D eigenvalue weighted by atomic mass is 32.2. The SMILES string of the molecule is CN=C(NCC(C)Oc1ccccc1F)NCC1(C)CCCS1. The molecule has 2 rings (SSSR count). The number of aliphatic imine (C=N–C) groups is 1. The first kappa shape index (κ1) is 17.9. The number of ether oxygens (including phenoxy) is 1. The Morgan fingerprint density at radius 3 is 2.87 bits per heavy atom. The van der Waals surface area contributed by atoms with Crippen LogP contribution in [0.3, 0.4) is 0 Å². The van der Waals surface area contributed by atoms with Crippen molar-refractivity contribution in [2.45, 2.75) is 37.5 Å². The third-order valence-electron chi connectivity index (χ3n) is 3.88. The molecule has 0 aromatic heterocycles. The Kier molecular flexibility index (Phi) is 6.57. The zero-order valence-corrected chi connectivity index (χ0v) is 14.9.